The summed E-state index contributed by atoms with van der Waals surface area (Å²) in [6.45, 7) is 1.34. The molecule has 1 saturated heterocycles. The van der Waals surface area contributed by atoms with Gasteiger partial charge in [-0.25, -0.2) is 14.6 Å². The Morgan fingerprint density at radius 3 is 3.00 bits per heavy atom. The Kier molecular flexibility index (Phi) is 6.45. The van der Waals surface area contributed by atoms with E-state index >= 15 is 0 Å². The average Bonchev–Trinajstić information content (AvgIpc) is 3.20. The number of aromatic nitrogens is 3. The summed E-state index contributed by atoms with van der Waals surface area (Å²) in [6, 6.07) is 8.87. The second-order valence-electron chi connectivity index (χ2n) is 7.96. The number of likely N-dealkylation sites (tertiary alicyclic amines) is 1. The van der Waals surface area contributed by atoms with E-state index < -0.39 is 5.69 Å². The topological polar surface area (TPSA) is 103 Å². The van der Waals surface area contributed by atoms with E-state index in [0.29, 0.717) is 24.7 Å². The number of carbonyl (C=O) groups excluding carboxylic acids is 2. The van der Waals surface area contributed by atoms with E-state index in [0.717, 1.165) is 29.4 Å². The fraction of sp³-hybridized carbons (Fsp3) is 0.364. The molecular formula is C22H25ClN6O3. The number of nitrogens with zero attached hydrogens (tertiary/aromatic N) is 4. The maximum Gasteiger partial charge on any atom is 0.347 e. The van der Waals surface area contributed by atoms with E-state index in [-0.39, 0.29) is 24.5 Å². The lowest BCUT2D eigenvalue weighted by molar-refractivity contribution is -0.133. The van der Waals surface area contributed by atoms with Crippen molar-refractivity contribution < 1.29 is 9.59 Å². The molecule has 0 aliphatic carbocycles. The molecule has 3 amide bonds. The Hall–Kier alpha value is -3.33. The van der Waals surface area contributed by atoms with Crippen LogP contribution in [0.1, 0.15) is 18.5 Å². The SMILES string of the molecule is CN(C(=O)NCc1cc2cc(Cl)ccc2[nH]1)C1CCCN(C(=O)Cn2cccnc2=O)C1. The van der Waals surface area contributed by atoms with Crippen molar-refractivity contribution in [2.45, 2.75) is 32.0 Å². The minimum atomic E-state index is -0.454. The van der Waals surface area contributed by atoms with Gasteiger partial charge in [-0.3, -0.25) is 9.36 Å². The standard InChI is InChI=1S/C22H25ClN6O3/c1-27(21(31)25-12-17-11-15-10-16(23)5-6-19(15)26-17)18-4-2-8-28(13-18)20(30)14-29-9-3-7-24-22(29)32/h3,5-7,9-11,18,26H,2,4,8,12-14H2,1H3,(H,25,31). The molecular weight excluding hydrogens is 432 g/mol. The third kappa shape index (κ3) is 4.94. The van der Waals surface area contributed by atoms with Crippen molar-refractivity contribution in [2.24, 2.45) is 0 Å². The zero-order valence-electron chi connectivity index (χ0n) is 17.8. The second-order valence-corrected chi connectivity index (χ2v) is 8.40. The number of likely N-dealkylation sites (N-methyl/N-ethyl adjacent to an activating group) is 1. The number of piperidine rings is 1. The van der Waals surface area contributed by atoms with Crippen molar-refractivity contribution in [2.75, 3.05) is 20.1 Å². The molecule has 1 aliphatic rings. The predicted octanol–water partition coefficient (Wildman–Crippen LogP) is 2.21. The number of urea groups is 1. The van der Waals surface area contributed by atoms with Gasteiger partial charge in [0, 0.05) is 54.2 Å². The van der Waals surface area contributed by atoms with Crippen molar-refractivity contribution >= 4 is 34.4 Å². The molecule has 2 N–H and O–H groups in total. The molecule has 10 heteroatoms. The number of fused-ring (bicyclic) bond motifs is 1. The summed E-state index contributed by atoms with van der Waals surface area (Å²) in [6.07, 6.45) is 4.55. The van der Waals surface area contributed by atoms with Gasteiger partial charge in [-0.1, -0.05) is 11.6 Å². The van der Waals surface area contributed by atoms with E-state index in [1.54, 1.807) is 29.1 Å². The molecule has 1 atom stereocenters. The predicted molar refractivity (Wildman–Crippen MR) is 121 cm³/mol. The van der Waals surface area contributed by atoms with Gasteiger partial charge >= 0.3 is 11.7 Å². The highest BCUT2D eigenvalue weighted by atomic mass is 35.5. The minimum Gasteiger partial charge on any atom is -0.357 e. The lowest BCUT2D eigenvalue weighted by Crippen LogP contribution is -2.53. The number of H-pyrrole nitrogens is 1. The van der Waals surface area contributed by atoms with Gasteiger partial charge in [0.1, 0.15) is 6.54 Å². The Bertz CT molecular complexity index is 1190. The second kappa shape index (κ2) is 9.44. The minimum absolute atomic E-state index is 0.0558. The Labute approximate surface area is 190 Å². The molecule has 3 aromatic rings. The number of rotatable bonds is 5. The summed E-state index contributed by atoms with van der Waals surface area (Å²) in [7, 11) is 1.74. The first-order valence-corrected chi connectivity index (χ1v) is 10.9. The fourth-order valence-corrected chi connectivity index (χ4v) is 4.15. The monoisotopic (exact) mass is 456 g/mol. The molecule has 2 aromatic heterocycles. The molecule has 0 saturated carbocycles. The highest BCUT2D eigenvalue weighted by molar-refractivity contribution is 6.31. The third-order valence-corrected chi connectivity index (χ3v) is 6.01. The van der Waals surface area contributed by atoms with E-state index in [9.17, 15) is 14.4 Å². The molecule has 9 nitrogen and oxygen atoms in total. The number of hydrogen-bond donors (Lipinski definition) is 2. The van der Waals surface area contributed by atoms with Crippen molar-refractivity contribution in [3.05, 3.63) is 63.9 Å². The summed E-state index contributed by atoms with van der Waals surface area (Å²) in [4.78, 5) is 47.5. The summed E-state index contributed by atoms with van der Waals surface area (Å²) in [5, 5.41) is 4.58. The van der Waals surface area contributed by atoms with Crippen LogP contribution in [0.5, 0.6) is 0 Å². The molecule has 32 heavy (non-hydrogen) atoms. The van der Waals surface area contributed by atoms with Gasteiger partial charge in [-0.2, -0.15) is 0 Å². The molecule has 0 bridgehead atoms. The van der Waals surface area contributed by atoms with Crippen LogP contribution < -0.4 is 11.0 Å². The third-order valence-electron chi connectivity index (χ3n) is 5.77. The summed E-state index contributed by atoms with van der Waals surface area (Å²) in [5.41, 5.74) is 1.39. The fourth-order valence-electron chi connectivity index (χ4n) is 3.97. The zero-order chi connectivity index (χ0) is 22.7. The molecule has 1 aromatic carbocycles. The maximum atomic E-state index is 12.7. The smallest absolute Gasteiger partial charge is 0.347 e. The van der Waals surface area contributed by atoms with Gasteiger partial charge in [-0.05, 0) is 43.2 Å². The largest absolute Gasteiger partial charge is 0.357 e. The molecule has 1 aliphatic heterocycles. The van der Waals surface area contributed by atoms with Crippen LogP contribution in [0.4, 0.5) is 4.79 Å². The lowest BCUT2D eigenvalue weighted by atomic mass is 10.0. The first-order valence-electron chi connectivity index (χ1n) is 10.5. The molecule has 168 valence electrons. The van der Waals surface area contributed by atoms with E-state index in [1.807, 2.05) is 24.3 Å². The number of nitrogens with one attached hydrogen (secondary N) is 2. The number of amides is 3. The quantitative estimate of drug-likeness (QED) is 0.614. The summed E-state index contributed by atoms with van der Waals surface area (Å²) < 4.78 is 1.29. The maximum absolute atomic E-state index is 12.7. The van der Waals surface area contributed by atoms with Crippen LogP contribution in [0.2, 0.25) is 5.02 Å². The van der Waals surface area contributed by atoms with Gasteiger partial charge in [0.25, 0.3) is 0 Å². The van der Waals surface area contributed by atoms with Crippen LogP contribution in [0.25, 0.3) is 10.9 Å². The first-order chi connectivity index (χ1) is 15.4. The van der Waals surface area contributed by atoms with Gasteiger partial charge < -0.3 is 20.1 Å². The van der Waals surface area contributed by atoms with Crippen LogP contribution >= 0.6 is 11.6 Å². The molecule has 3 heterocycles. The number of carbonyl (C=O) groups is 2. The van der Waals surface area contributed by atoms with E-state index in [4.69, 9.17) is 11.6 Å². The van der Waals surface area contributed by atoms with Gasteiger partial charge in [-0.15, -0.1) is 0 Å². The van der Waals surface area contributed by atoms with Crippen LogP contribution in [-0.2, 0) is 17.9 Å². The Morgan fingerprint density at radius 1 is 1.34 bits per heavy atom. The summed E-state index contributed by atoms with van der Waals surface area (Å²) in [5.74, 6) is -0.157. The highest BCUT2D eigenvalue weighted by Crippen LogP contribution is 2.20. The molecule has 0 radical (unpaired) electrons. The van der Waals surface area contributed by atoms with Gasteiger partial charge in [0.05, 0.1) is 12.6 Å². The molecule has 1 unspecified atom stereocenters. The van der Waals surface area contributed by atoms with Gasteiger partial charge in [0.2, 0.25) is 5.91 Å². The first kappa shape index (κ1) is 21.9. The van der Waals surface area contributed by atoms with Crippen molar-refractivity contribution in [3.63, 3.8) is 0 Å². The Morgan fingerprint density at radius 2 is 2.19 bits per heavy atom. The van der Waals surface area contributed by atoms with Crippen LogP contribution in [0.15, 0.2) is 47.5 Å². The number of hydrogen-bond acceptors (Lipinski definition) is 4. The molecule has 4 rings (SSSR count). The number of aromatic amines is 1. The van der Waals surface area contributed by atoms with Crippen molar-refractivity contribution in [3.8, 4) is 0 Å². The average molecular weight is 457 g/mol. The normalized spacial score (nSPS) is 16.2. The van der Waals surface area contributed by atoms with E-state index in [2.05, 4.69) is 15.3 Å². The van der Waals surface area contributed by atoms with Crippen LogP contribution in [0, 0.1) is 0 Å². The van der Waals surface area contributed by atoms with Crippen LogP contribution in [-0.4, -0.2) is 62.5 Å². The number of halogens is 1. The molecule has 1 fully saturated rings. The Balaban J connectivity index is 1.33. The highest BCUT2D eigenvalue weighted by Gasteiger charge is 2.28. The lowest BCUT2D eigenvalue weighted by Gasteiger charge is -2.37. The molecule has 0 spiro atoms. The zero-order valence-corrected chi connectivity index (χ0v) is 18.5. The van der Waals surface area contributed by atoms with Crippen molar-refractivity contribution in [1.82, 2.24) is 29.7 Å². The van der Waals surface area contributed by atoms with Crippen molar-refractivity contribution in [1.29, 1.82) is 0 Å². The van der Waals surface area contributed by atoms with E-state index in [1.165, 1.54) is 10.8 Å². The van der Waals surface area contributed by atoms with Crippen LogP contribution in [0.3, 0.4) is 0 Å². The van der Waals surface area contributed by atoms with Gasteiger partial charge in [0.15, 0.2) is 0 Å². The number of benzene rings is 1. The summed E-state index contributed by atoms with van der Waals surface area (Å²) >= 11 is 6.03.